The highest BCUT2D eigenvalue weighted by Crippen LogP contribution is 2.65. The molecule has 0 amide bonds. The van der Waals surface area contributed by atoms with E-state index in [0.717, 1.165) is 62.4 Å². The maximum absolute atomic E-state index is 13.1. The van der Waals surface area contributed by atoms with Crippen molar-refractivity contribution >= 4 is 18.2 Å². The van der Waals surface area contributed by atoms with Crippen LogP contribution in [-0.4, -0.2) is 41.6 Å². The van der Waals surface area contributed by atoms with E-state index in [-0.39, 0.29) is 34.7 Å². The summed E-state index contributed by atoms with van der Waals surface area (Å²) in [4.78, 5) is 37.4. The van der Waals surface area contributed by atoms with Gasteiger partial charge < -0.3 is 19.4 Å². The molecule has 9 atom stereocenters. The zero-order valence-electron chi connectivity index (χ0n) is 26.4. The number of esters is 2. The van der Waals surface area contributed by atoms with Gasteiger partial charge in [-0.15, -0.1) is 0 Å². The number of aldehydes is 1. The number of hydrogen-bond acceptors (Lipinski definition) is 6. The Kier molecular flexibility index (Phi) is 10.2. The number of allylic oxidation sites excluding steroid dienone is 1. The van der Waals surface area contributed by atoms with Crippen molar-refractivity contribution in [2.45, 2.75) is 132 Å². The number of rotatable bonds is 7. The third-order valence-electron chi connectivity index (χ3n) is 11.1. The summed E-state index contributed by atoms with van der Waals surface area (Å²) in [6.07, 6.45) is 10.9. The average molecular weight is 559 g/mol. The minimum Gasteiger partial charge on any atom is -0.462 e. The second-order valence-corrected chi connectivity index (χ2v) is 14.3. The summed E-state index contributed by atoms with van der Waals surface area (Å²) in [5, 5.41) is 10.7. The van der Waals surface area contributed by atoms with Crippen molar-refractivity contribution in [1.29, 1.82) is 0 Å². The predicted octanol–water partition coefficient (Wildman–Crippen LogP) is 6.99. The molecule has 3 aliphatic rings. The average Bonchev–Trinajstić information content (AvgIpc) is 3.07. The molecular formula is C34H54O6. The largest absolute Gasteiger partial charge is 0.462 e. The lowest BCUT2D eigenvalue weighted by molar-refractivity contribution is -0.154. The summed E-state index contributed by atoms with van der Waals surface area (Å²) in [6, 6.07) is 0. The molecule has 0 saturated heterocycles. The fourth-order valence-corrected chi connectivity index (χ4v) is 8.94. The van der Waals surface area contributed by atoms with Gasteiger partial charge in [0.1, 0.15) is 18.5 Å². The van der Waals surface area contributed by atoms with E-state index in [0.29, 0.717) is 12.3 Å². The van der Waals surface area contributed by atoms with E-state index in [2.05, 4.69) is 40.7 Å². The Morgan fingerprint density at radius 3 is 2.20 bits per heavy atom. The number of fused-ring (bicyclic) bond motifs is 2. The maximum atomic E-state index is 13.1. The van der Waals surface area contributed by atoms with E-state index in [1.807, 2.05) is 19.9 Å². The Bertz CT molecular complexity index is 1010. The molecule has 3 aliphatic carbocycles. The molecule has 6 heteroatoms. The molecule has 2 saturated carbocycles. The molecule has 1 N–H and O–H groups in total. The van der Waals surface area contributed by atoms with Gasteiger partial charge >= 0.3 is 11.9 Å². The van der Waals surface area contributed by atoms with E-state index in [9.17, 15) is 19.5 Å². The molecule has 0 heterocycles. The number of aliphatic hydroxyl groups excluding tert-OH is 1. The van der Waals surface area contributed by atoms with Crippen LogP contribution in [0.1, 0.15) is 114 Å². The fourth-order valence-electron chi connectivity index (χ4n) is 8.94. The zero-order valence-corrected chi connectivity index (χ0v) is 26.4. The topological polar surface area (TPSA) is 89.9 Å². The van der Waals surface area contributed by atoms with Crippen molar-refractivity contribution in [3.8, 4) is 0 Å². The van der Waals surface area contributed by atoms with Gasteiger partial charge in [-0.05, 0) is 93.5 Å². The molecule has 6 unspecified atom stereocenters. The third kappa shape index (κ3) is 6.42. The van der Waals surface area contributed by atoms with E-state index < -0.39 is 29.5 Å². The van der Waals surface area contributed by atoms with Crippen molar-refractivity contribution in [2.75, 3.05) is 0 Å². The molecule has 0 bridgehead atoms. The smallest absolute Gasteiger partial charge is 0.303 e. The highest BCUT2D eigenvalue weighted by atomic mass is 16.5. The van der Waals surface area contributed by atoms with Crippen molar-refractivity contribution in [1.82, 2.24) is 0 Å². The molecule has 0 aromatic rings. The maximum Gasteiger partial charge on any atom is 0.303 e. The Hall–Kier alpha value is -1.95. The monoisotopic (exact) mass is 558 g/mol. The number of ether oxygens (including phenoxy) is 2. The molecule has 226 valence electrons. The lowest BCUT2D eigenvalue weighted by atomic mass is 9.53. The summed E-state index contributed by atoms with van der Waals surface area (Å²) < 4.78 is 11.8. The Morgan fingerprint density at radius 1 is 0.975 bits per heavy atom. The van der Waals surface area contributed by atoms with Crippen molar-refractivity contribution in [2.24, 2.45) is 39.9 Å². The molecule has 3 rings (SSSR count). The lowest BCUT2D eigenvalue weighted by Gasteiger charge is -2.52. The van der Waals surface area contributed by atoms with Gasteiger partial charge in [-0.1, -0.05) is 58.3 Å². The van der Waals surface area contributed by atoms with Crippen molar-refractivity contribution < 1.29 is 29.0 Å². The molecule has 0 spiro atoms. The molecule has 0 aromatic heterocycles. The first-order valence-electron chi connectivity index (χ1n) is 15.4. The van der Waals surface area contributed by atoms with Crippen LogP contribution in [0.4, 0.5) is 0 Å². The highest BCUT2D eigenvalue weighted by Gasteiger charge is 2.60. The van der Waals surface area contributed by atoms with Crippen LogP contribution in [0.3, 0.4) is 0 Å². The fraction of sp³-hybridized carbons (Fsp3) is 0.794. The highest BCUT2D eigenvalue weighted by molar-refractivity contribution is 5.68. The van der Waals surface area contributed by atoms with Gasteiger partial charge in [0.05, 0.1) is 12.0 Å². The van der Waals surface area contributed by atoms with Crippen LogP contribution in [0, 0.1) is 39.9 Å². The number of carbonyl (C=O) groups excluding carboxylic acids is 3. The normalized spacial score (nSPS) is 38.4. The Balaban J connectivity index is 2.09. The Labute approximate surface area is 242 Å². The van der Waals surface area contributed by atoms with Crippen LogP contribution in [-0.2, 0) is 23.9 Å². The van der Waals surface area contributed by atoms with Crippen molar-refractivity contribution in [3.05, 3.63) is 23.3 Å². The van der Waals surface area contributed by atoms with Crippen LogP contribution in [0.2, 0.25) is 0 Å². The quantitative estimate of drug-likeness (QED) is 0.206. The van der Waals surface area contributed by atoms with Gasteiger partial charge in [-0.25, -0.2) is 0 Å². The van der Waals surface area contributed by atoms with Gasteiger partial charge in [0.15, 0.2) is 0 Å². The predicted molar refractivity (Wildman–Crippen MR) is 157 cm³/mol. The first-order chi connectivity index (χ1) is 18.6. The van der Waals surface area contributed by atoms with Crippen LogP contribution in [0.5, 0.6) is 0 Å². The van der Waals surface area contributed by atoms with E-state index in [1.165, 1.54) is 13.8 Å². The Morgan fingerprint density at radius 2 is 1.62 bits per heavy atom. The van der Waals surface area contributed by atoms with Gasteiger partial charge in [0.25, 0.3) is 0 Å². The van der Waals surface area contributed by atoms with Crippen molar-refractivity contribution in [3.63, 3.8) is 0 Å². The standard InChI is InChI=1S/C34H54O6/c1-21(2)17-26(38)18-22(3)27-14-16-34(9)29(20-35)30(39-23(4)36)19-28-25(11-10-15-33(27,34)8)12-13-31(32(28,6)7)40-24(5)37/h17,19-20,22,25-27,29-31,38H,10-16,18H2,1-9H3/b28-19+/t22-,25-,26?,27?,29?,30?,31?,33?,34+/m1/s1. The van der Waals surface area contributed by atoms with Gasteiger partial charge in [-0.2, -0.15) is 0 Å². The molecule has 6 nitrogen and oxygen atoms in total. The summed E-state index contributed by atoms with van der Waals surface area (Å²) in [5.41, 5.74) is 1.28. The molecule has 40 heavy (non-hydrogen) atoms. The van der Waals surface area contributed by atoms with Crippen LogP contribution < -0.4 is 0 Å². The molecule has 0 aromatic carbocycles. The van der Waals surface area contributed by atoms with Gasteiger partial charge in [-0.3, -0.25) is 9.59 Å². The first-order valence-corrected chi connectivity index (χ1v) is 15.4. The zero-order chi connectivity index (χ0) is 30.0. The van der Waals surface area contributed by atoms with Crippen LogP contribution >= 0.6 is 0 Å². The number of aliphatic hydroxyl groups is 1. The second kappa shape index (κ2) is 12.5. The van der Waals surface area contributed by atoms with Crippen LogP contribution in [0.25, 0.3) is 0 Å². The second-order valence-electron chi connectivity index (χ2n) is 14.3. The van der Waals surface area contributed by atoms with Crippen LogP contribution in [0.15, 0.2) is 23.3 Å². The van der Waals surface area contributed by atoms with E-state index >= 15 is 0 Å². The molecule has 0 aliphatic heterocycles. The van der Waals surface area contributed by atoms with E-state index in [4.69, 9.17) is 9.47 Å². The van der Waals surface area contributed by atoms with E-state index in [1.54, 1.807) is 0 Å². The summed E-state index contributed by atoms with van der Waals surface area (Å²) in [7, 11) is 0. The molecular weight excluding hydrogens is 504 g/mol. The molecule has 0 radical (unpaired) electrons. The SMILES string of the molecule is CC(=O)OC1/C=C2\[C@H](CCCC3(C)C([C@H](C)CC(O)C=C(C)C)CC[C@@]3(C)C1C=O)CCC(OC(C)=O)C2(C)C. The summed E-state index contributed by atoms with van der Waals surface area (Å²) in [5.74, 6) is -0.288. The minimum absolute atomic E-state index is 0.156. The third-order valence-corrected chi connectivity index (χ3v) is 11.1. The van der Waals surface area contributed by atoms with Gasteiger partial charge in [0, 0.05) is 19.3 Å². The minimum atomic E-state index is -0.685. The molecule has 2 fully saturated rings. The van der Waals surface area contributed by atoms with Gasteiger partial charge in [0.2, 0.25) is 0 Å². The number of carbonyl (C=O) groups is 3. The lowest BCUT2D eigenvalue weighted by Crippen LogP contribution is -2.50. The summed E-state index contributed by atoms with van der Waals surface area (Å²) in [6.45, 7) is 17.9. The first kappa shape index (κ1) is 32.6. The summed E-state index contributed by atoms with van der Waals surface area (Å²) >= 11 is 0. The number of hydrogen-bond donors (Lipinski definition) is 1.